The smallest absolute Gasteiger partial charge is 0.338 e. The van der Waals surface area contributed by atoms with Crippen molar-refractivity contribution in [3.8, 4) is 46.0 Å². The van der Waals surface area contributed by atoms with Crippen molar-refractivity contribution in [2.45, 2.75) is 20.8 Å². The van der Waals surface area contributed by atoms with Crippen LogP contribution in [0.15, 0.2) is 342 Å². The lowest BCUT2D eigenvalue weighted by atomic mass is 10.3. The quantitative estimate of drug-likeness (QED) is 0.0119. The molecule has 0 N–H and O–H groups in total. The Balaban J connectivity index is 0.000000624. The van der Waals surface area contributed by atoms with Crippen molar-refractivity contribution in [2.24, 2.45) is 0 Å². The van der Waals surface area contributed by atoms with Gasteiger partial charge in [0.25, 0.3) is 0 Å². The second-order valence-corrected chi connectivity index (χ2v) is 20.7. The first kappa shape index (κ1) is 93.3. The van der Waals surface area contributed by atoms with Crippen LogP contribution in [0, 0.1) is 0 Å². The molecular formula is C87H94O22. The summed E-state index contributed by atoms with van der Waals surface area (Å²) in [5, 5.41) is 0. The molecule has 0 aliphatic carbocycles. The molecule has 109 heavy (non-hydrogen) atoms. The Labute approximate surface area is 637 Å². The van der Waals surface area contributed by atoms with E-state index in [0.29, 0.717) is 67.9 Å². The van der Waals surface area contributed by atoms with E-state index in [-0.39, 0.29) is 57.5 Å². The summed E-state index contributed by atoms with van der Waals surface area (Å²) >= 11 is 0. The van der Waals surface area contributed by atoms with Gasteiger partial charge >= 0.3 is 47.8 Å². The third-order valence-corrected chi connectivity index (χ3v) is 11.8. The second kappa shape index (κ2) is 62.8. The Morgan fingerprint density at radius 3 is 0.560 bits per heavy atom. The summed E-state index contributed by atoms with van der Waals surface area (Å²) in [6, 6.07) is 73.9. The zero-order chi connectivity index (χ0) is 80.2. The van der Waals surface area contributed by atoms with Gasteiger partial charge in [0.1, 0.15) is 125 Å². The fourth-order valence-corrected chi connectivity index (χ4v) is 6.71. The molecule has 0 aromatic heterocycles. The van der Waals surface area contributed by atoms with Crippen LogP contribution in [-0.2, 0) is 66.8 Å². The Morgan fingerprint density at radius 1 is 0.220 bits per heavy atom. The zero-order valence-electron chi connectivity index (χ0n) is 61.6. The molecule has 0 aliphatic rings. The molecule has 0 atom stereocenters. The van der Waals surface area contributed by atoms with Crippen LogP contribution in [0.4, 0.5) is 0 Å². The van der Waals surface area contributed by atoms with Crippen LogP contribution in [-0.4, -0.2) is 127 Å². The van der Waals surface area contributed by atoms with Crippen LogP contribution in [0.25, 0.3) is 0 Å². The maximum atomic E-state index is 11.0. The van der Waals surface area contributed by atoms with Crippen LogP contribution < -0.4 is 37.9 Å². The summed E-state index contributed by atoms with van der Waals surface area (Å²) < 4.78 is 70.2. The molecule has 8 rings (SSSR count). The predicted octanol–water partition coefficient (Wildman–Crippen LogP) is 15.5. The number of hydrogen-bond acceptors (Lipinski definition) is 22. The SMILES string of the molecule is C=C(C)C(=O)OCCOc1ccccc1.C=C(C)C(=O)OCCOc1ccccc1.C=C(C)C(=O)Oc1ccccc1.C=CC(=O)OCCOc1ccccc1.C=CC(=O)OCCOc1ccccc1.C=CC(=O)OCCOc1ccccc1.C=CC(=O)OCCOc1ccccc1.C=CC(=O)Oc1ccccc1. The first-order valence-electron chi connectivity index (χ1n) is 33.4. The topological polar surface area (TPSA) is 266 Å². The molecule has 0 radical (unpaired) electrons. The number of carbonyl (C=O) groups is 8. The van der Waals surface area contributed by atoms with E-state index in [1.165, 1.54) is 0 Å². The summed E-state index contributed by atoms with van der Waals surface area (Å²) in [7, 11) is 0. The van der Waals surface area contributed by atoms with Gasteiger partial charge in [-0.05, 0) is 118 Å². The van der Waals surface area contributed by atoms with E-state index in [1.54, 1.807) is 69.3 Å². The molecule has 0 bridgehead atoms. The third kappa shape index (κ3) is 53.7. The highest BCUT2D eigenvalue weighted by Crippen LogP contribution is 2.14. The molecule has 0 unspecified atom stereocenters. The van der Waals surface area contributed by atoms with Crippen LogP contribution in [0.5, 0.6) is 46.0 Å². The highest BCUT2D eigenvalue weighted by atomic mass is 16.6. The van der Waals surface area contributed by atoms with Gasteiger partial charge in [-0.25, -0.2) is 38.4 Å². The largest absolute Gasteiger partial charge is 0.490 e. The minimum Gasteiger partial charge on any atom is -0.490 e. The Morgan fingerprint density at radius 2 is 0.385 bits per heavy atom. The van der Waals surface area contributed by atoms with Crippen molar-refractivity contribution in [1.29, 1.82) is 0 Å². The van der Waals surface area contributed by atoms with E-state index < -0.39 is 29.8 Å². The molecular weight excluding hydrogens is 1400 g/mol. The molecule has 22 nitrogen and oxygen atoms in total. The van der Waals surface area contributed by atoms with Crippen molar-refractivity contribution in [3.05, 3.63) is 342 Å². The van der Waals surface area contributed by atoms with Crippen molar-refractivity contribution >= 4 is 47.8 Å². The molecule has 8 aromatic rings. The van der Waals surface area contributed by atoms with Gasteiger partial charge in [-0.1, -0.05) is 198 Å². The van der Waals surface area contributed by atoms with Gasteiger partial charge in [0.2, 0.25) is 0 Å². The molecule has 0 saturated carbocycles. The molecule has 22 heteroatoms. The van der Waals surface area contributed by atoms with Crippen LogP contribution >= 0.6 is 0 Å². The molecule has 0 saturated heterocycles. The summed E-state index contributed by atoms with van der Waals surface area (Å²) in [6.45, 7) is 35.2. The van der Waals surface area contributed by atoms with Crippen LogP contribution in [0.2, 0.25) is 0 Å². The Hall–Kier alpha value is -13.8. The lowest BCUT2D eigenvalue weighted by Gasteiger charge is -2.06. The molecule has 0 amide bonds. The minimum atomic E-state index is -0.434. The molecule has 0 fully saturated rings. The first-order valence-corrected chi connectivity index (χ1v) is 33.4. The summed E-state index contributed by atoms with van der Waals surface area (Å²) in [6.07, 6.45) is 5.64. The third-order valence-electron chi connectivity index (χ3n) is 11.8. The predicted molar refractivity (Wildman–Crippen MR) is 417 cm³/mol. The number of para-hydroxylation sites is 8. The molecule has 574 valence electrons. The van der Waals surface area contributed by atoms with Gasteiger partial charge in [-0.2, -0.15) is 0 Å². The number of carbonyl (C=O) groups excluding carboxylic acids is 8. The van der Waals surface area contributed by atoms with Gasteiger partial charge in [0, 0.05) is 47.1 Å². The summed E-state index contributed by atoms with van der Waals surface area (Å²) in [5.74, 6) is 2.38. The second-order valence-electron chi connectivity index (χ2n) is 20.7. The van der Waals surface area contributed by atoms with Crippen molar-refractivity contribution in [2.75, 3.05) is 79.3 Å². The van der Waals surface area contributed by atoms with E-state index in [2.05, 4.69) is 52.6 Å². The molecule has 8 aromatic carbocycles. The maximum absolute atomic E-state index is 11.0. The summed E-state index contributed by atoms with van der Waals surface area (Å²) in [5.41, 5.74) is 1.20. The highest BCUT2D eigenvalue weighted by Gasteiger charge is 2.06. The van der Waals surface area contributed by atoms with E-state index in [9.17, 15) is 38.4 Å². The van der Waals surface area contributed by atoms with E-state index in [1.807, 2.05) is 194 Å². The van der Waals surface area contributed by atoms with Crippen molar-refractivity contribution in [3.63, 3.8) is 0 Å². The van der Waals surface area contributed by atoms with Crippen molar-refractivity contribution in [1.82, 2.24) is 0 Å². The number of rotatable bonds is 34. The maximum Gasteiger partial charge on any atom is 0.338 e. The van der Waals surface area contributed by atoms with Crippen LogP contribution in [0.3, 0.4) is 0 Å². The number of benzene rings is 8. The average Bonchev–Trinajstić information content (AvgIpc) is 0.986. The number of ether oxygens (including phenoxy) is 14. The van der Waals surface area contributed by atoms with Gasteiger partial charge < -0.3 is 66.3 Å². The molecule has 0 aliphatic heterocycles. The fourth-order valence-electron chi connectivity index (χ4n) is 6.71. The zero-order valence-corrected chi connectivity index (χ0v) is 61.6. The van der Waals surface area contributed by atoms with Gasteiger partial charge in [-0.3, -0.25) is 0 Å². The Bertz CT molecular complexity index is 3590. The monoisotopic (exact) mass is 1490 g/mol. The van der Waals surface area contributed by atoms with E-state index in [4.69, 9.17) is 66.3 Å². The molecule has 0 heterocycles. The lowest BCUT2D eigenvalue weighted by Crippen LogP contribution is -2.12. The van der Waals surface area contributed by atoms with E-state index >= 15 is 0 Å². The minimum absolute atomic E-state index is 0.236. The summed E-state index contributed by atoms with van der Waals surface area (Å²) in [4.78, 5) is 86.1. The average molecular weight is 1490 g/mol. The van der Waals surface area contributed by atoms with Crippen LogP contribution in [0.1, 0.15) is 20.8 Å². The number of hydrogen-bond donors (Lipinski definition) is 0. The lowest BCUT2D eigenvalue weighted by molar-refractivity contribution is -0.140. The first-order chi connectivity index (χ1) is 52.7. The van der Waals surface area contributed by atoms with E-state index in [0.717, 1.165) is 64.9 Å². The number of esters is 8. The fraction of sp³-hybridized carbons (Fsp3) is 0.172. The van der Waals surface area contributed by atoms with Gasteiger partial charge in [-0.15, -0.1) is 0 Å². The van der Waals surface area contributed by atoms with Gasteiger partial charge in [0.05, 0.1) is 0 Å². The Kier molecular flexibility index (Phi) is 53.7. The molecule has 0 spiro atoms. The van der Waals surface area contributed by atoms with Crippen molar-refractivity contribution < 1.29 is 105 Å². The normalized spacial score (nSPS) is 9.17. The highest BCUT2D eigenvalue weighted by molar-refractivity contribution is 5.89. The van der Waals surface area contributed by atoms with Gasteiger partial charge in [0.15, 0.2) is 0 Å². The standard InChI is InChI=1S/2C12H14O3.4C11H12O3.C10H10O2.C9H8O2/c2*1-10(2)12(13)15-9-8-14-11-6-4-3-5-7-11;4*1-2-11(12)14-9-8-13-10-6-4-3-5-7-10;1-8(2)10(11)12-9-6-4-3-5-7-9;1-2-9(10)11-8-6-4-3-5-7-8/h2*3-7H,1,8-9H2,2H3;4*2-7H,1,8-9H2;3-7H,1H2,2H3;2-7H,1H2.